The maximum atomic E-state index is 13.2. The van der Waals surface area contributed by atoms with Crippen LogP contribution in [0.25, 0.3) is 5.65 Å². The van der Waals surface area contributed by atoms with Crippen LogP contribution in [0.5, 0.6) is 5.75 Å². The van der Waals surface area contributed by atoms with E-state index in [1.165, 1.54) is 12.8 Å². The van der Waals surface area contributed by atoms with E-state index in [-0.39, 0.29) is 24.5 Å². The quantitative estimate of drug-likeness (QED) is 0.526. The molecule has 2 aromatic heterocycles. The third kappa shape index (κ3) is 4.54. The Hall–Kier alpha value is -2.37. The van der Waals surface area contributed by atoms with Crippen LogP contribution in [0, 0.1) is 18.8 Å². The van der Waals surface area contributed by atoms with E-state index in [1.807, 2.05) is 32.2 Å². The van der Waals surface area contributed by atoms with Gasteiger partial charge in [-0.1, -0.05) is 38.5 Å². The molecule has 6 heteroatoms. The Morgan fingerprint density at radius 2 is 1.96 bits per heavy atom. The molecule has 1 aliphatic carbocycles. The number of imidazole rings is 1. The Balaban J connectivity index is 1.88. The van der Waals surface area contributed by atoms with Crippen molar-refractivity contribution in [3.63, 3.8) is 0 Å². The van der Waals surface area contributed by atoms with Gasteiger partial charge in [-0.2, -0.15) is 0 Å². The molecule has 0 aromatic carbocycles. The van der Waals surface area contributed by atoms with E-state index in [4.69, 9.17) is 4.74 Å². The maximum absolute atomic E-state index is 13.2. The van der Waals surface area contributed by atoms with Gasteiger partial charge in [0.2, 0.25) is 0 Å². The Morgan fingerprint density at radius 1 is 1.25 bits per heavy atom. The number of aryl methyl sites for hydroxylation is 1. The van der Waals surface area contributed by atoms with Crippen molar-refractivity contribution >= 4 is 17.4 Å². The number of fused-ring (bicyclic) bond motifs is 1. The van der Waals surface area contributed by atoms with Gasteiger partial charge in [0.1, 0.15) is 5.69 Å². The first-order valence-electron chi connectivity index (χ1n) is 10.4. The molecule has 0 bridgehead atoms. The monoisotopic (exact) mass is 386 g/mol. The number of carboxylic acid groups (broad SMARTS) is 1. The van der Waals surface area contributed by atoms with Crippen molar-refractivity contribution in [1.82, 2.24) is 9.38 Å². The average molecular weight is 386 g/mol. The van der Waals surface area contributed by atoms with E-state index in [1.54, 1.807) is 4.40 Å². The van der Waals surface area contributed by atoms with Gasteiger partial charge in [0, 0.05) is 19.0 Å². The van der Waals surface area contributed by atoms with E-state index >= 15 is 0 Å². The van der Waals surface area contributed by atoms with Gasteiger partial charge in [0.25, 0.3) is 0 Å². The van der Waals surface area contributed by atoms with E-state index < -0.39 is 5.97 Å². The lowest BCUT2D eigenvalue weighted by molar-refractivity contribution is -0.138. The summed E-state index contributed by atoms with van der Waals surface area (Å²) < 4.78 is 7.42. The summed E-state index contributed by atoms with van der Waals surface area (Å²) in [4.78, 5) is 29.2. The highest BCUT2D eigenvalue weighted by atomic mass is 16.5. The largest absolute Gasteiger partial charge is 0.490 e. The van der Waals surface area contributed by atoms with Crippen LogP contribution in [0.1, 0.15) is 74.5 Å². The minimum atomic E-state index is -0.824. The molecule has 2 aromatic rings. The zero-order valence-electron chi connectivity index (χ0n) is 16.8. The number of hydrogen-bond acceptors (Lipinski definition) is 4. The molecule has 0 radical (unpaired) electrons. The topological polar surface area (TPSA) is 80.9 Å². The molecule has 0 unspecified atom stereocenters. The number of carbonyl (C=O) groups is 2. The standard InChI is InChI=1S/C22H30N2O4/c1-3-28-19-11-8-12-24-21(15(2)23-22(19)24)18(25)13-17(14-20(26)27)16-9-6-4-5-7-10-16/h8,11-12,16-17H,3-7,9-10,13-14H2,1-2H3,(H,26,27)/t17-/m0/s1. The summed E-state index contributed by atoms with van der Waals surface area (Å²) in [5, 5.41) is 9.40. The molecule has 1 saturated carbocycles. The molecule has 1 atom stereocenters. The molecular weight excluding hydrogens is 356 g/mol. The van der Waals surface area contributed by atoms with Crippen LogP contribution >= 0.6 is 0 Å². The summed E-state index contributed by atoms with van der Waals surface area (Å²) in [5.41, 5.74) is 1.84. The third-order valence-corrected chi connectivity index (χ3v) is 5.80. The highest BCUT2D eigenvalue weighted by Gasteiger charge is 2.29. The minimum Gasteiger partial charge on any atom is -0.490 e. The van der Waals surface area contributed by atoms with Crippen LogP contribution in [0.3, 0.4) is 0 Å². The lowest BCUT2D eigenvalue weighted by Gasteiger charge is -2.24. The summed E-state index contributed by atoms with van der Waals surface area (Å²) in [7, 11) is 0. The van der Waals surface area contributed by atoms with Gasteiger partial charge in [0.05, 0.1) is 12.3 Å². The molecular formula is C22H30N2O4. The van der Waals surface area contributed by atoms with E-state index in [0.717, 1.165) is 25.7 Å². The predicted molar refractivity (Wildman–Crippen MR) is 107 cm³/mol. The van der Waals surface area contributed by atoms with Crippen LogP contribution in [0.4, 0.5) is 0 Å². The van der Waals surface area contributed by atoms with E-state index in [9.17, 15) is 14.7 Å². The SMILES string of the molecule is CCOc1cccn2c(C(=O)C[C@@H](CC(=O)O)C3CCCCCC3)c(C)nc12. The minimum absolute atomic E-state index is 0.0332. The number of aliphatic carboxylic acids is 1. The first-order valence-corrected chi connectivity index (χ1v) is 10.4. The fourth-order valence-electron chi connectivity index (χ4n) is 4.51. The van der Waals surface area contributed by atoms with Gasteiger partial charge in [-0.3, -0.25) is 14.0 Å². The summed E-state index contributed by atoms with van der Waals surface area (Å²) in [6, 6.07) is 3.69. The molecule has 6 nitrogen and oxygen atoms in total. The second-order valence-electron chi connectivity index (χ2n) is 7.78. The van der Waals surface area contributed by atoms with Gasteiger partial charge in [0.15, 0.2) is 17.2 Å². The van der Waals surface area contributed by atoms with Crippen molar-refractivity contribution in [3.8, 4) is 5.75 Å². The Kier molecular flexibility index (Phi) is 6.70. The Bertz CT molecular complexity index is 834. The van der Waals surface area contributed by atoms with Crippen LogP contribution in [0.2, 0.25) is 0 Å². The number of Topliss-reactive ketones (excluding diaryl/α,β-unsaturated/α-hetero) is 1. The van der Waals surface area contributed by atoms with Gasteiger partial charge in [-0.05, 0) is 37.8 Å². The van der Waals surface area contributed by atoms with Crippen molar-refractivity contribution < 1.29 is 19.4 Å². The van der Waals surface area contributed by atoms with Gasteiger partial charge in [-0.25, -0.2) is 4.98 Å². The zero-order valence-corrected chi connectivity index (χ0v) is 16.8. The summed E-state index contributed by atoms with van der Waals surface area (Å²) >= 11 is 0. The number of ether oxygens (including phenoxy) is 1. The van der Waals surface area contributed by atoms with E-state index in [2.05, 4.69) is 4.98 Å². The number of carbonyl (C=O) groups excluding carboxylic acids is 1. The zero-order chi connectivity index (χ0) is 20.1. The molecule has 1 N–H and O–H groups in total. The van der Waals surface area contributed by atoms with E-state index in [0.29, 0.717) is 35.3 Å². The molecule has 0 amide bonds. The number of hydrogen-bond donors (Lipinski definition) is 1. The first-order chi connectivity index (χ1) is 13.5. The van der Waals surface area contributed by atoms with Crippen molar-refractivity contribution in [3.05, 3.63) is 29.7 Å². The molecule has 0 saturated heterocycles. The first kappa shape index (κ1) is 20.4. The molecule has 152 valence electrons. The number of aromatic nitrogens is 2. The fraction of sp³-hybridized carbons (Fsp3) is 0.591. The fourth-order valence-corrected chi connectivity index (χ4v) is 4.51. The van der Waals surface area contributed by atoms with Crippen molar-refractivity contribution in [2.24, 2.45) is 11.8 Å². The maximum Gasteiger partial charge on any atom is 0.303 e. The molecule has 2 heterocycles. The number of pyridine rings is 1. The highest BCUT2D eigenvalue weighted by Crippen LogP contribution is 2.34. The molecule has 28 heavy (non-hydrogen) atoms. The van der Waals surface area contributed by atoms with Crippen LogP contribution in [-0.2, 0) is 4.79 Å². The van der Waals surface area contributed by atoms with Gasteiger partial charge < -0.3 is 9.84 Å². The Labute approximate surface area is 165 Å². The van der Waals surface area contributed by atoms with Gasteiger partial charge >= 0.3 is 5.97 Å². The summed E-state index contributed by atoms with van der Waals surface area (Å²) in [5.74, 6) is -0.0214. The van der Waals surface area contributed by atoms with Crippen molar-refractivity contribution in [2.75, 3.05) is 6.61 Å². The van der Waals surface area contributed by atoms with Crippen LogP contribution in [0.15, 0.2) is 18.3 Å². The Morgan fingerprint density at radius 3 is 2.61 bits per heavy atom. The normalized spacial score (nSPS) is 16.6. The third-order valence-electron chi connectivity index (χ3n) is 5.80. The lowest BCUT2D eigenvalue weighted by Crippen LogP contribution is -2.22. The number of nitrogens with zero attached hydrogens (tertiary/aromatic N) is 2. The summed E-state index contributed by atoms with van der Waals surface area (Å²) in [6.07, 6.45) is 8.83. The summed E-state index contributed by atoms with van der Waals surface area (Å²) in [6.45, 7) is 4.26. The van der Waals surface area contributed by atoms with Gasteiger partial charge in [-0.15, -0.1) is 0 Å². The number of rotatable bonds is 8. The number of carboxylic acids is 1. The smallest absolute Gasteiger partial charge is 0.303 e. The van der Waals surface area contributed by atoms with Crippen LogP contribution in [-0.4, -0.2) is 32.9 Å². The molecule has 3 rings (SSSR count). The molecule has 1 fully saturated rings. The molecule has 1 aliphatic rings. The van der Waals surface area contributed by atoms with Crippen molar-refractivity contribution in [1.29, 1.82) is 0 Å². The van der Waals surface area contributed by atoms with Crippen LogP contribution < -0.4 is 4.74 Å². The lowest BCUT2D eigenvalue weighted by atomic mass is 9.80. The molecule has 0 spiro atoms. The molecule has 0 aliphatic heterocycles. The second-order valence-corrected chi connectivity index (χ2v) is 7.78. The van der Waals surface area contributed by atoms with Crippen molar-refractivity contribution in [2.45, 2.75) is 65.2 Å². The highest BCUT2D eigenvalue weighted by molar-refractivity contribution is 5.97. The second kappa shape index (κ2) is 9.22. The predicted octanol–water partition coefficient (Wildman–Crippen LogP) is 4.68. The number of ketones is 1. The average Bonchev–Trinajstić information content (AvgIpc) is 2.82.